The quantitative estimate of drug-likeness (QED) is 0.317. The van der Waals surface area contributed by atoms with Crippen molar-refractivity contribution in [2.24, 2.45) is 35.0 Å². The van der Waals surface area contributed by atoms with Crippen molar-refractivity contribution in [2.75, 3.05) is 39.3 Å². The van der Waals surface area contributed by atoms with Crippen LogP contribution in [0.5, 0.6) is 0 Å². The molecule has 9 aliphatic rings. The molecule has 4 saturated carbocycles. The van der Waals surface area contributed by atoms with Crippen LogP contribution < -0.4 is 16.0 Å². The summed E-state index contributed by atoms with van der Waals surface area (Å²) in [4.78, 5) is 53.0. The van der Waals surface area contributed by atoms with Gasteiger partial charge in [0.1, 0.15) is 18.4 Å². The molecule has 2 amide bonds. The van der Waals surface area contributed by atoms with E-state index >= 15 is 14.4 Å². The summed E-state index contributed by atoms with van der Waals surface area (Å²) in [5.41, 5.74) is -0.975. The lowest BCUT2D eigenvalue weighted by Gasteiger charge is -2.54. The van der Waals surface area contributed by atoms with Gasteiger partial charge in [-0.05, 0) is 107 Å². The molecule has 11 heteroatoms. The van der Waals surface area contributed by atoms with Crippen molar-refractivity contribution >= 4 is 17.8 Å². The molecule has 5 saturated heterocycles. The van der Waals surface area contributed by atoms with Crippen molar-refractivity contribution in [3.63, 3.8) is 0 Å². The number of ether oxygens (including phenoxy) is 1. The van der Waals surface area contributed by atoms with Crippen molar-refractivity contribution in [3.8, 4) is 0 Å². The molecule has 5 aliphatic heterocycles. The first-order valence-electron chi connectivity index (χ1n) is 21.9. The monoisotopic (exact) mass is 723 g/mol. The van der Waals surface area contributed by atoms with Crippen LogP contribution in [0.15, 0.2) is 0 Å². The van der Waals surface area contributed by atoms with Crippen LogP contribution in [0.4, 0.5) is 0 Å². The number of esters is 1. The standard InChI is InChI=1S/C41H66N6O5/c48-29-18-16-28(17-19-29)36-41(30-14-7-8-15-31(30)44-39(41)51)32(37(49)45-22-24-46(25-23-45)40-42-20-9-21-43-40)34-38(50)52-35(27-12-5-2-6-13-27)33(47(34)36)26-10-3-1-4-11-26/h26-36,40,42-43,48H,1-25H2,(H,44,51)/t28?,29?,30?,31?,32-,33-,34-,35+,36+,41-/m0/s1. The summed E-state index contributed by atoms with van der Waals surface area (Å²) in [5, 5.41) is 21.5. The molecule has 0 aromatic heterocycles. The van der Waals surface area contributed by atoms with Crippen molar-refractivity contribution < 1.29 is 24.2 Å². The number of hydrogen-bond donors (Lipinski definition) is 4. The third-order valence-corrected chi connectivity index (χ3v) is 15.9. The van der Waals surface area contributed by atoms with Crippen LogP contribution >= 0.6 is 0 Å². The van der Waals surface area contributed by atoms with E-state index in [4.69, 9.17) is 4.74 Å². The molecule has 9 rings (SSSR count). The van der Waals surface area contributed by atoms with Gasteiger partial charge in [-0.1, -0.05) is 51.4 Å². The number of fused-ring (bicyclic) bond motifs is 3. The fourth-order valence-corrected chi connectivity index (χ4v) is 13.7. The Labute approximate surface area is 311 Å². The van der Waals surface area contributed by atoms with Gasteiger partial charge >= 0.3 is 5.97 Å². The summed E-state index contributed by atoms with van der Waals surface area (Å²) >= 11 is 0. The van der Waals surface area contributed by atoms with Gasteiger partial charge in [-0.3, -0.25) is 34.8 Å². The summed E-state index contributed by atoms with van der Waals surface area (Å²) in [6.07, 6.45) is 19.5. The smallest absolute Gasteiger partial charge is 0.324 e. The molecule has 0 aromatic rings. The summed E-state index contributed by atoms with van der Waals surface area (Å²) in [6.45, 7) is 4.68. The molecule has 52 heavy (non-hydrogen) atoms. The van der Waals surface area contributed by atoms with E-state index in [0.29, 0.717) is 24.9 Å². The normalized spacial score (nSPS) is 43.2. The average Bonchev–Trinajstić information content (AvgIpc) is 3.67. The van der Waals surface area contributed by atoms with Crippen LogP contribution in [0.3, 0.4) is 0 Å². The van der Waals surface area contributed by atoms with E-state index in [2.05, 4.69) is 25.8 Å². The third-order valence-electron chi connectivity index (χ3n) is 15.9. The highest BCUT2D eigenvalue weighted by Crippen LogP contribution is 2.63. The number of hydrogen-bond acceptors (Lipinski definition) is 9. The predicted molar refractivity (Wildman–Crippen MR) is 197 cm³/mol. The van der Waals surface area contributed by atoms with Crippen LogP contribution in [0.25, 0.3) is 0 Å². The molecular formula is C41H66N6O5. The molecule has 5 heterocycles. The lowest BCUT2D eigenvalue weighted by atomic mass is 9.56. The van der Waals surface area contributed by atoms with Crippen LogP contribution in [0, 0.1) is 35.0 Å². The van der Waals surface area contributed by atoms with Crippen LogP contribution in [-0.2, 0) is 19.1 Å². The molecule has 8 atom stereocenters. The fraction of sp³-hybridized carbons (Fsp3) is 0.927. The van der Waals surface area contributed by atoms with Gasteiger partial charge in [-0.2, -0.15) is 0 Å². The second kappa shape index (κ2) is 15.0. The first-order valence-corrected chi connectivity index (χ1v) is 21.9. The fourth-order valence-electron chi connectivity index (χ4n) is 13.7. The number of nitrogens with one attached hydrogen (secondary N) is 3. The number of aliphatic hydroxyl groups excluding tert-OH is 1. The van der Waals surface area contributed by atoms with E-state index in [1.165, 1.54) is 38.5 Å². The molecule has 0 bridgehead atoms. The first-order chi connectivity index (χ1) is 25.5. The molecule has 0 radical (unpaired) electrons. The Morgan fingerprint density at radius 1 is 0.712 bits per heavy atom. The van der Waals surface area contributed by atoms with Crippen molar-refractivity contribution in [1.29, 1.82) is 0 Å². The predicted octanol–water partition coefficient (Wildman–Crippen LogP) is 3.35. The highest BCUT2D eigenvalue weighted by molar-refractivity contribution is 5.99. The van der Waals surface area contributed by atoms with Crippen LogP contribution in [0.2, 0.25) is 0 Å². The molecule has 0 aromatic carbocycles. The Hall–Kier alpha value is -1.79. The van der Waals surface area contributed by atoms with E-state index in [0.717, 1.165) is 110 Å². The lowest BCUT2D eigenvalue weighted by Crippen LogP contribution is -2.66. The lowest BCUT2D eigenvalue weighted by molar-refractivity contribution is -0.191. The van der Waals surface area contributed by atoms with E-state index in [1.54, 1.807) is 0 Å². The maximum atomic E-state index is 15.6. The molecule has 4 N–H and O–H groups in total. The molecule has 1 spiro atoms. The molecular weight excluding hydrogens is 656 g/mol. The number of nitrogens with zero attached hydrogens (tertiary/aromatic N) is 3. The summed E-state index contributed by atoms with van der Waals surface area (Å²) in [5.74, 6) is -0.0406. The largest absolute Gasteiger partial charge is 0.459 e. The van der Waals surface area contributed by atoms with Crippen LogP contribution in [0.1, 0.15) is 122 Å². The van der Waals surface area contributed by atoms with Crippen molar-refractivity contribution in [2.45, 2.75) is 165 Å². The van der Waals surface area contributed by atoms with Crippen molar-refractivity contribution in [3.05, 3.63) is 0 Å². The summed E-state index contributed by atoms with van der Waals surface area (Å²) < 4.78 is 6.85. The summed E-state index contributed by atoms with van der Waals surface area (Å²) in [6, 6.07) is -0.848. The Balaban J connectivity index is 1.15. The van der Waals surface area contributed by atoms with Gasteiger partial charge in [0.25, 0.3) is 0 Å². The number of morpholine rings is 1. The van der Waals surface area contributed by atoms with E-state index in [-0.39, 0.29) is 66.2 Å². The maximum absolute atomic E-state index is 15.6. The Kier molecular flexibility index (Phi) is 10.4. The molecule has 11 nitrogen and oxygen atoms in total. The van der Waals surface area contributed by atoms with Gasteiger partial charge < -0.3 is 20.1 Å². The minimum atomic E-state index is -0.975. The summed E-state index contributed by atoms with van der Waals surface area (Å²) in [7, 11) is 0. The van der Waals surface area contributed by atoms with Gasteiger partial charge in [0, 0.05) is 38.3 Å². The second-order valence-corrected chi connectivity index (χ2v) is 18.5. The molecule has 9 fully saturated rings. The number of rotatable bonds is 5. The zero-order chi connectivity index (χ0) is 35.4. The molecule has 2 unspecified atom stereocenters. The second-order valence-electron chi connectivity index (χ2n) is 18.5. The highest BCUT2D eigenvalue weighted by atomic mass is 16.6. The average molecular weight is 723 g/mol. The topological polar surface area (TPSA) is 126 Å². The van der Waals surface area contributed by atoms with Gasteiger partial charge in [0.05, 0.1) is 23.5 Å². The Morgan fingerprint density at radius 3 is 2.04 bits per heavy atom. The molecule has 290 valence electrons. The number of aliphatic hydroxyl groups is 1. The maximum Gasteiger partial charge on any atom is 0.324 e. The van der Waals surface area contributed by atoms with Crippen LogP contribution in [-0.4, -0.2) is 120 Å². The Bertz CT molecular complexity index is 1300. The number of piperazine rings is 1. The van der Waals surface area contributed by atoms with Crippen molar-refractivity contribution in [1.82, 2.24) is 30.7 Å². The first kappa shape index (κ1) is 35.9. The number of amides is 2. The minimum Gasteiger partial charge on any atom is -0.459 e. The SMILES string of the molecule is O=C1O[C@H](C2CCCCC2)[C@H](C2CCCCC2)N2[C@H]1[C@@H](C(=O)N1CCN(C3NCCCN3)CC1)[C@]1(C(=O)NC3CCCCC31)[C@H]2C1CCC(O)CC1. The number of carbonyl (C=O) groups excluding carboxylic acids is 3. The zero-order valence-electron chi connectivity index (χ0n) is 31.5. The third kappa shape index (κ3) is 6.06. The van der Waals surface area contributed by atoms with Gasteiger partial charge in [0.2, 0.25) is 11.8 Å². The Morgan fingerprint density at radius 2 is 1.35 bits per heavy atom. The van der Waals surface area contributed by atoms with E-state index in [1.807, 2.05) is 4.90 Å². The van der Waals surface area contributed by atoms with E-state index in [9.17, 15) is 5.11 Å². The minimum absolute atomic E-state index is 0.00870. The number of carbonyl (C=O) groups is 3. The van der Waals surface area contributed by atoms with E-state index < -0.39 is 17.4 Å². The zero-order valence-corrected chi connectivity index (χ0v) is 31.5. The number of cyclic esters (lactones) is 1. The van der Waals surface area contributed by atoms with Gasteiger partial charge in [-0.25, -0.2) is 0 Å². The highest BCUT2D eigenvalue weighted by Gasteiger charge is 2.77. The van der Waals surface area contributed by atoms with Gasteiger partial charge in [0.15, 0.2) is 0 Å². The van der Waals surface area contributed by atoms with Gasteiger partial charge in [-0.15, -0.1) is 0 Å². The molecule has 4 aliphatic carbocycles.